The van der Waals surface area contributed by atoms with E-state index in [0.29, 0.717) is 6.20 Å². The van der Waals surface area contributed by atoms with Crippen LogP contribution in [0, 0.1) is 12.3 Å². The number of carbonyl (C=O) groups excluding carboxylic acids is 1. The van der Waals surface area contributed by atoms with Gasteiger partial charge in [0.1, 0.15) is 12.2 Å². The summed E-state index contributed by atoms with van der Waals surface area (Å²) in [7, 11) is 0. The lowest BCUT2D eigenvalue weighted by Crippen LogP contribution is -2.53. The molecule has 3 N–H and O–H groups in total. The molecule has 0 aliphatic carbocycles. The Kier molecular flexibility index (Phi) is 4.72. The summed E-state index contributed by atoms with van der Waals surface area (Å²) in [4.78, 5) is 36.9. The van der Waals surface area contributed by atoms with Crippen LogP contribution in [0.4, 0.5) is 13.2 Å². The molecular formula is C15H19F3N2O6. The maximum absolute atomic E-state index is 15.1. The summed E-state index contributed by atoms with van der Waals surface area (Å²) in [5.41, 5.74) is -3.93. The van der Waals surface area contributed by atoms with Crippen molar-refractivity contribution >= 4 is 5.78 Å². The number of aliphatic hydroxyl groups excluding tert-OH is 2. The Balaban J connectivity index is 2.55. The standard InChI is InChI=1S/C15H19F3N2O6/c1-6-5-20(12(25)19-11(6)24)15(18)14(16,17)10(23)8(26-15)7(21)9(22)13(2,3)4/h5,7-8,10,21,23H,1-4H3,(H,19,24,25)/t7?,8-,10-,15+/m1/s1. The number of hydrogen-bond acceptors (Lipinski definition) is 6. The molecule has 1 aromatic heterocycles. The Morgan fingerprint density at radius 3 is 2.38 bits per heavy atom. The van der Waals surface area contributed by atoms with Gasteiger partial charge in [0.2, 0.25) is 0 Å². The zero-order valence-electron chi connectivity index (χ0n) is 14.4. The number of Topliss-reactive ketones (excluding diaryl/α,β-unsaturated/α-hetero) is 1. The molecule has 1 aliphatic heterocycles. The molecule has 1 aliphatic rings. The highest BCUT2D eigenvalue weighted by molar-refractivity contribution is 5.88. The van der Waals surface area contributed by atoms with Crippen molar-refractivity contribution in [3.8, 4) is 0 Å². The monoisotopic (exact) mass is 380 g/mol. The van der Waals surface area contributed by atoms with Crippen LogP contribution in [0.2, 0.25) is 0 Å². The number of hydrogen-bond donors (Lipinski definition) is 3. The molecule has 11 heteroatoms. The van der Waals surface area contributed by atoms with Gasteiger partial charge in [-0.1, -0.05) is 20.8 Å². The zero-order valence-corrected chi connectivity index (χ0v) is 14.4. The van der Waals surface area contributed by atoms with Crippen molar-refractivity contribution in [3.63, 3.8) is 0 Å². The fourth-order valence-electron chi connectivity index (χ4n) is 2.54. The molecule has 2 heterocycles. The first-order valence-corrected chi connectivity index (χ1v) is 7.62. The first-order valence-electron chi connectivity index (χ1n) is 7.62. The van der Waals surface area contributed by atoms with E-state index in [1.165, 1.54) is 20.8 Å². The number of ketones is 1. The lowest BCUT2D eigenvalue weighted by molar-refractivity contribution is -0.299. The summed E-state index contributed by atoms with van der Waals surface area (Å²) in [6.45, 7) is 5.29. The molecule has 26 heavy (non-hydrogen) atoms. The van der Waals surface area contributed by atoms with Gasteiger partial charge in [-0.15, -0.1) is 0 Å². The van der Waals surface area contributed by atoms with Crippen LogP contribution in [0.15, 0.2) is 15.8 Å². The Morgan fingerprint density at radius 2 is 1.88 bits per heavy atom. The maximum atomic E-state index is 15.1. The predicted octanol–water partition coefficient (Wildman–Crippen LogP) is -0.204. The van der Waals surface area contributed by atoms with Crippen LogP contribution in [0.5, 0.6) is 0 Å². The number of rotatable bonds is 3. The van der Waals surface area contributed by atoms with Gasteiger partial charge in [-0.25, -0.2) is 9.36 Å². The second kappa shape index (κ2) is 6.03. The summed E-state index contributed by atoms with van der Waals surface area (Å²) in [5, 5.41) is 19.8. The van der Waals surface area contributed by atoms with Gasteiger partial charge in [0.15, 0.2) is 11.9 Å². The number of ether oxygens (including phenoxy) is 1. The number of alkyl halides is 3. The van der Waals surface area contributed by atoms with Gasteiger partial charge in [0.05, 0.1) is 0 Å². The summed E-state index contributed by atoms with van der Waals surface area (Å²) in [6, 6.07) is 0. The highest BCUT2D eigenvalue weighted by Gasteiger charge is 2.73. The topological polar surface area (TPSA) is 122 Å². The van der Waals surface area contributed by atoms with Crippen molar-refractivity contribution in [1.82, 2.24) is 9.55 Å². The van der Waals surface area contributed by atoms with Crippen LogP contribution in [-0.4, -0.2) is 49.8 Å². The third-order valence-electron chi connectivity index (χ3n) is 4.14. The number of aromatic amines is 1. The fourth-order valence-corrected chi connectivity index (χ4v) is 2.54. The molecule has 0 bridgehead atoms. The second-order valence-corrected chi connectivity index (χ2v) is 7.21. The minimum Gasteiger partial charge on any atom is -0.384 e. The van der Waals surface area contributed by atoms with E-state index in [9.17, 15) is 33.4 Å². The largest absolute Gasteiger partial charge is 0.384 e. The highest BCUT2D eigenvalue weighted by atomic mass is 19.3. The molecule has 0 saturated carbocycles. The molecular weight excluding hydrogens is 361 g/mol. The molecule has 1 unspecified atom stereocenters. The van der Waals surface area contributed by atoms with E-state index in [1.54, 1.807) is 4.98 Å². The number of aromatic nitrogens is 2. The van der Waals surface area contributed by atoms with E-state index >= 15 is 4.39 Å². The lowest BCUT2D eigenvalue weighted by Gasteiger charge is -2.27. The number of nitrogens with zero attached hydrogens (tertiary/aromatic N) is 1. The summed E-state index contributed by atoms with van der Waals surface area (Å²) >= 11 is 0. The van der Waals surface area contributed by atoms with Gasteiger partial charge >= 0.3 is 17.6 Å². The van der Waals surface area contributed by atoms with E-state index < -0.39 is 52.7 Å². The second-order valence-electron chi connectivity index (χ2n) is 7.21. The number of nitrogens with one attached hydrogen (secondary N) is 1. The molecule has 0 spiro atoms. The predicted molar refractivity (Wildman–Crippen MR) is 81.4 cm³/mol. The van der Waals surface area contributed by atoms with Crippen LogP contribution in [-0.2, 0) is 15.5 Å². The third kappa shape index (κ3) is 2.89. The van der Waals surface area contributed by atoms with Crippen molar-refractivity contribution in [2.24, 2.45) is 5.41 Å². The fraction of sp³-hybridized carbons (Fsp3) is 0.667. The van der Waals surface area contributed by atoms with Gasteiger partial charge in [-0.05, 0) is 6.92 Å². The first kappa shape index (κ1) is 20.3. The summed E-state index contributed by atoms with van der Waals surface area (Å²) in [5.74, 6) is -9.89. The van der Waals surface area contributed by atoms with Crippen LogP contribution in [0.1, 0.15) is 26.3 Å². The zero-order chi connectivity index (χ0) is 20.2. The molecule has 0 aromatic carbocycles. The molecule has 0 amide bonds. The number of H-pyrrole nitrogens is 1. The molecule has 1 saturated heterocycles. The average molecular weight is 380 g/mol. The van der Waals surface area contributed by atoms with Crippen LogP contribution >= 0.6 is 0 Å². The smallest absolute Gasteiger partial charge is 0.365 e. The van der Waals surface area contributed by atoms with Crippen molar-refractivity contribution in [2.75, 3.05) is 0 Å². The number of carbonyl (C=O) groups is 1. The van der Waals surface area contributed by atoms with Gasteiger partial charge in [-0.3, -0.25) is 14.6 Å². The molecule has 4 atom stereocenters. The van der Waals surface area contributed by atoms with Crippen molar-refractivity contribution < 1.29 is 32.9 Å². The van der Waals surface area contributed by atoms with Crippen LogP contribution in [0.25, 0.3) is 0 Å². The average Bonchev–Trinajstić information content (AvgIpc) is 2.69. The van der Waals surface area contributed by atoms with E-state index in [1.807, 2.05) is 0 Å². The Hall–Kier alpha value is -1.98. The van der Waals surface area contributed by atoms with Crippen LogP contribution < -0.4 is 11.2 Å². The normalized spacial score (nSPS) is 29.6. The van der Waals surface area contributed by atoms with E-state index in [2.05, 4.69) is 4.74 Å². The molecule has 2 rings (SSSR count). The van der Waals surface area contributed by atoms with Gasteiger partial charge in [0, 0.05) is 17.2 Å². The van der Waals surface area contributed by atoms with Crippen molar-refractivity contribution in [2.45, 2.75) is 57.9 Å². The van der Waals surface area contributed by atoms with Crippen LogP contribution in [0.3, 0.4) is 0 Å². The van der Waals surface area contributed by atoms with E-state index in [0.717, 1.165) is 6.92 Å². The highest BCUT2D eigenvalue weighted by Crippen LogP contribution is 2.49. The maximum Gasteiger partial charge on any atom is 0.365 e. The Labute approximate surface area is 145 Å². The Bertz CT molecular complexity index is 843. The summed E-state index contributed by atoms with van der Waals surface area (Å²) in [6.07, 6.45) is -7.02. The molecule has 1 fully saturated rings. The first-order chi connectivity index (χ1) is 11.6. The van der Waals surface area contributed by atoms with Crippen molar-refractivity contribution in [3.05, 3.63) is 32.6 Å². The molecule has 8 nitrogen and oxygen atoms in total. The minimum absolute atomic E-state index is 0.221. The Morgan fingerprint density at radius 1 is 1.35 bits per heavy atom. The lowest BCUT2D eigenvalue weighted by atomic mass is 9.84. The molecule has 1 aromatic rings. The minimum atomic E-state index is -4.70. The SMILES string of the molecule is Cc1cn([C@]2(F)O[C@H](C(O)C(=O)C(C)(C)C)[C@@H](O)C2(F)F)c(=O)[nH]c1=O. The van der Waals surface area contributed by atoms with E-state index in [-0.39, 0.29) is 10.1 Å². The summed E-state index contributed by atoms with van der Waals surface area (Å²) < 4.78 is 48.3. The number of aliphatic hydroxyl groups is 2. The van der Waals surface area contributed by atoms with Crippen molar-refractivity contribution in [1.29, 1.82) is 0 Å². The number of halogens is 3. The molecule has 146 valence electrons. The van der Waals surface area contributed by atoms with Gasteiger partial charge < -0.3 is 14.9 Å². The van der Waals surface area contributed by atoms with Gasteiger partial charge in [-0.2, -0.15) is 13.2 Å². The van der Waals surface area contributed by atoms with Gasteiger partial charge in [0.25, 0.3) is 5.56 Å². The quantitative estimate of drug-likeness (QED) is 0.668. The molecule has 0 radical (unpaired) electrons. The van der Waals surface area contributed by atoms with E-state index in [4.69, 9.17) is 0 Å². The number of aryl methyl sites for hydroxylation is 1. The third-order valence-corrected chi connectivity index (χ3v) is 4.14.